The third kappa shape index (κ3) is 7.44. The molecule has 1 aromatic carbocycles. The van der Waals surface area contributed by atoms with Crippen LogP contribution in [0.4, 0.5) is 19.3 Å². The van der Waals surface area contributed by atoms with Gasteiger partial charge in [0.2, 0.25) is 5.91 Å². The Morgan fingerprint density at radius 3 is 2.43 bits per heavy atom. The summed E-state index contributed by atoms with van der Waals surface area (Å²) < 4.78 is 33.6. The van der Waals surface area contributed by atoms with E-state index in [0.717, 1.165) is 0 Å². The Kier molecular flexibility index (Phi) is 6.29. The second kappa shape index (κ2) is 7.75. The van der Waals surface area contributed by atoms with Gasteiger partial charge in [-0.1, -0.05) is 6.07 Å². The summed E-state index contributed by atoms with van der Waals surface area (Å²) in [5.41, 5.74) is -0.410. The number of rotatable bonds is 5. The van der Waals surface area contributed by atoms with E-state index in [1.165, 1.54) is 31.2 Å². The van der Waals surface area contributed by atoms with Gasteiger partial charge in [0.15, 0.2) is 0 Å². The second-order valence-corrected chi connectivity index (χ2v) is 5.76. The van der Waals surface area contributed by atoms with Crippen molar-refractivity contribution in [2.45, 2.75) is 45.9 Å². The van der Waals surface area contributed by atoms with Gasteiger partial charge in [0.25, 0.3) is 0 Å². The standard InChI is InChI=1S/C15H20F2N2O4/c1-9(18-14(21)23-15(2,3)4)12(20)19-10-6-5-7-11(8-10)22-13(16)17/h5-9,13H,1-4H3,(H,18,21)(H,19,20)/t9-/m1/s1. The fourth-order valence-electron chi connectivity index (χ4n) is 1.55. The Morgan fingerprint density at radius 2 is 1.87 bits per heavy atom. The average molecular weight is 330 g/mol. The summed E-state index contributed by atoms with van der Waals surface area (Å²) >= 11 is 0. The lowest BCUT2D eigenvalue weighted by atomic mass is 10.2. The lowest BCUT2D eigenvalue weighted by molar-refractivity contribution is -0.117. The molecule has 0 aromatic heterocycles. The number of amides is 2. The normalized spacial score (nSPS) is 12.5. The predicted molar refractivity (Wildman–Crippen MR) is 80.5 cm³/mol. The molecule has 2 N–H and O–H groups in total. The third-order valence-corrected chi connectivity index (χ3v) is 2.45. The van der Waals surface area contributed by atoms with E-state index >= 15 is 0 Å². The average Bonchev–Trinajstić information content (AvgIpc) is 2.35. The van der Waals surface area contributed by atoms with Crippen molar-refractivity contribution in [1.29, 1.82) is 0 Å². The zero-order valence-electron chi connectivity index (χ0n) is 13.4. The number of hydrogen-bond donors (Lipinski definition) is 2. The molecule has 1 aromatic rings. The summed E-state index contributed by atoms with van der Waals surface area (Å²) in [6.07, 6.45) is -0.727. The van der Waals surface area contributed by atoms with Gasteiger partial charge in [0, 0.05) is 11.8 Å². The molecule has 0 radical (unpaired) electrons. The molecule has 8 heteroatoms. The zero-order chi connectivity index (χ0) is 17.6. The Hall–Kier alpha value is -2.38. The van der Waals surface area contributed by atoms with Gasteiger partial charge >= 0.3 is 12.7 Å². The Bertz CT molecular complexity index is 559. The van der Waals surface area contributed by atoms with Crippen LogP contribution in [0.3, 0.4) is 0 Å². The predicted octanol–water partition coefficient (Wildman–Crippen LogP) is 3.14. The molecule has 6 nitrogen and oxygen atoms in total. The number of alkyl halides is 2. The van der Waals surface area contributed by atoms with Gasteiger partial charge in [-0.3, -0.25) is 4.79 Å². The van der Waals surface area contributed by atoms with Crippen LogP contribution in [-0.2, 0) is 9.53 Å². The monoisotopic (exact) mass is 330 g/mol. The summed E-state index contributed by atoms with van der Waals surface area (Å²) in [5, 5.41) is 4.87. The molecule has 1 atom stereocenters. The summed E-state index contributed by atoms with van der Waals surface area (Å²) in [5.74, 6) is -0.601. The molecule has 0 aliphatic heterocycles. The van der Waals surface area contributed by atoms with Crippen molar-refractivity contribution in [1.82, 2.24) is 5.32 Å². The zero-order valence-corrected chi connectivity index (χ0v) is 13.4. The molecule has 0 heterocycles. The van der Waals surface area contributed by atoms with Crippen LogP contribution in [0.2, 0.25) is 0 Å². The molecular formula is C15H20F2N2O4. The highest BCUT2D eigenvalue weighted by Crippen LogP contribution is 2.19. The molecule has 0 aliphatic carbocycles. The van der Waals surface area contributed by atoms with Gasteiger partial charge in [-0.15, -0.1) is 0 Å². The van der Waals surface area contributed by atoms with E-state index in [1.807, 2.05) is 0 Å². The summed E-state index contributed by atoms with van der Waals surface area (Å²) in [4.78, 5) is 23.6. The number of hydrogen-bond acceptors (Lipinski definition) is 4. The number of benzene rings is 1. The Labute approximate surface area is 133 Å². The van der Waals surface area contributed by atoms with Crippen molar-refractivity contribution >= 4 is 17.7 Å². The molecule has 0 spiro atoms. The van der Waals surface area contributed by atoms with Gasteiger partial charge in [0.1, 0.15) is 17.4 Å². The molecule has 0 fully saturated rings. The lowest BCUT2D eigenvalue weighted by Gasteiger charge is -2.21. The number of ether oxygens (including phenoxy) is 2. The first-order chi connectivity index (χ1) is 10.6. The number of carbonyl (C=O) groups is 2. The topological polar surface area (TPSA) is 76.7 Å². The molecular weight excluding hydrogens is 310 g/mol. The summed E-state index contributed by atoms with van der Waals surface area (Å²) in [7, 11) is 0. The Balaban J connectivity index is 2.60. The minimum absolute atomic E-state index is 0.0782. The highest BCUT2D eigenvalue weighted by Gasteiger charge is 2.21. The van der Waals surface area contributed by atoms with Crippen molar-refractivity contribution in [3.8, 4) is 5.75 Å². The number of alkyl carbamates (subject to hydrolysis) is 1. The van der Waals surface area contributed by atoms with Crippen molar-refractivity contribution in [3.05, 3.63) is 24.3 Å². The number of anilines is 1. The van der Waals surface area contributed by atoms with Gasteiger partial charge < -0.3 is 20.1 Å². The van der Waals surface area contributed by atoms with E-state index in [1.54, 1.807) is 20.8 Å². The lowest BCUT2D eigenvalue weighted by Crippen LogP contribution is -2.43. The van der Waals surface area contributed by atoms with E-state index in [-0.39, 0.29) is 11.4 Å². The minimum atomic E-state index is -2.95. The van der Waals surface area contributed by atoms with Crippen molar-refractivity contribution in [3.63, 3.8) is 0 Å². The summed E-state index contributed by atoms with van der Waals surface area (Å²) in [6.45, 7) is 3.62. The van der Waals surface area contributed by atoms with Crippen LogP contribution in [0.1, 0.15) is 27.7 Å². The smallest absolute Gasteiger partial charge is 0.408 e. The third-order valence-electron chi connectivity index (χ3n) is 2.45. The van der Waals surface area contributed by atoms with E-state index in [9.17, 15) is 18.4 Å². The van der Waals surface area contributed by atoms with Gasteiger partial charge in [-0.2, -0.15) is 8.78 Å². The van der Waals surface area contributed by atoms with E-state index < -0.39 is 30.3 Å². The molecule has 23 heavy (non-hydrogen) atoms. The van der Waals surface area contributed by atoms with Gasteiger partial charge in [-0.25, -0.2) is 4.79 Å². The van der Waals surface area contributed by atoms with Crippen molar-refractivity contribution in [2.75, 3.05) is 5.32 Å². The molecule has 1 rings (SSSR count). The van der Waals surface area contributed by atoms with Crippen molar-refractivity contribution in [2.24, 2.45) is 0 Å². The van der Waals surface area contributed by atoms with Crippen molar-refractivity contribution < 1.29 is 27.8 Å². The number of nitrogens with one attached hydrogen (secondary N) is 2. The molecule has 0 bridgehead atoms. The maximum absolute atomic E-state index is 12.2. The number of halogens is 2. The van der Waals surface area contributed by atoms with Crippen LogP contribution >= 0.6 is 0 Å². The van der Waals surface area contributed by atoms with E-state index in [2.05, 4.69) is 15.4 Å². The SMILES string of the molecule is C[C@@H](NC(=O)OC(C)(C)C)C(=O)Nc1cccc(OC(F)F)c1. The van der Waals surface area contributed by atoms with Crippen LogP contribution in [0.15, 0.2) is 24.3 Å². The quantitative estimate of drug-likeness (QED) is 0.869. The first-order valence-electron chi connectivity index (χ1n) is 6.92. The Morgan fingerprint density at radius 1 is 1.22 bits per heavy atom. The molecule has 2 amide bonds. The van der Waals surface area contributed by atoms with E-state index in [0.29, 0.717) is 0 Å². The van der Waals surface area contributed by atoms with Crippen LogP contribution in [0, 0.1) is 0 Å². The molecule has 128 valence electrons. The first kappa shape index (κ1) is 18.7. The molecule has 0 aliphatic rings. The van der Waals surface area contributed by atoms with Crippen LogP contribution in [-0.4, -0.2) is 30.3 Å². The molecule has 0 unspecified atom stereocenters. The fourth-order valence-corrected chi connectivity index (χ4v) is 1.55. The fraction of sp³-hybridized carbons (Fsp3) is 0.467. The van der Waals surface area contributed by atoms with Crippen LogP contribution in [0.25, 0.3) is 0 Å². The maximum Gasteiger partial charge on any atom is 0.408 e. The second-order valence-electron chi connectivity index (χ2n) is 5.76. The molecule has 0 saturated carbocycles. The van der Waals surface area contributed by atoms with Gasteiger partial charge in [0.05, 0.1) is 0 Å². The number of carbonyl (C=O) groups excluding carboxylic acids is 2. The summed E-state index contributed by atoms with van der Waals surface area (Å²) in [6, 6.07) is 4.69. The van der Waals surface area contributed by atoms with Gasteiger partial charge in [-0.05, 0) is 39.8 Å². The maximum atomic E-state index is 12.2. The largest absolute Gasteiger partial charge is 0.444 e. The van der Waals surface area contributed by atoms with Crippen LogP contribution in [0.5, 0.6) is 5.75 Å². The molecule has 0 saturated heterocycles. The van der Waals surface area contributed by atoms with E-state index in [4.69, 9.17) is 4.74 Å². The minimum Gasteiger partial charge on any atom is -0.444 e. The highest BCUT2D eigenvalue weighted by molar-refractivity contribution is 5.96. The van der Waals surface area contributed by atoms with Crippen LogP contribution < -0.4 is 15.4 Å². The first-order valence-corrected chi connectivity index (χ1v) is 6.92. The highest BCUT2D eigenvalue weighted by atomic mass is 19.3.